The van der Waals surface area contributed by atoms with Gasteiger partial charge >= 0.3 is 0 Å². The monoisotopic (exact) mass is 331 g/mol. The first-order valence-corrected chi connectivity index (χ1v) is 6.79. The van der Waals surface area contributed by atoms with Crippen LogP contribution in [0.4, 0.5) is 17.5 Å². The van der Waals surface area contributed by atoms with E-state index in [4.69, 9.17) is 39.8 Å². The Morgan fingerprint density at radius 2 is 2.00 bits per heavy atom. The molecule has 0 radical (unpaired) electrons. The Balaban J connectivity index is 0.000000677. The van der Waals surface area contributed by atoms with Crippen LogP contribution in [0.1, 0.15) is 6.92 Å². The van der Waals surface area contributed by atoms with Crippen LogP contribution in [-0.4, -0.2) is 32.4 Å². The van der Waals surface area contributed by atoms with E-state index in [0.717, 1.165) is 0 Å². The number of halogens is 2. The summed E-state index contributed by atoms with van der Waals surface area (Å²) < 4.78 is 0. The molecule has 0 spiro atoms. The summed E-state index contributed by atoms with van der Waals surface area (Å²) in [5, 5.41) is 10.7. The van der Waals surface area contributed by atoms with Crippen molar-refractivity contribution in [2.45, 2.75) is 11.8 Å². The molecule has 0 aliphatic carbocycles. The number of nitrogens with two attached hydrogens (primary N) is 2. The Bertz CT molecular complexity index is 636. The van der Waals surface area contributed by atoms with Crippen LogP contribution in [0.25, 0.3) is 10.9 Å². The number of carbonyl (C=O) groups excluding carboxylic acids is 1. The average Bonchev–Trinajstić information content (AvgIpc) is 2.40. The van der Waals surface area contributed by atoms with Gasteiger partial charge < -0.3 is 21.9 Å². The maximum Gasteiger partial charge on any atom is 0.257 e. The van der Waals surface area contributed by atoms with E-state index in [1.54, 1.807) is 25.1 Å². The molecule has 0 aliphatic rings. The highest BCUT2D eigenvalue weighted by atomic mass is 35.5. The minimum Gasteiger partial charge on any atom is -0.397 e. The lowest BCUT2D eigenvalue weighted by molar-refractivity contribution is -0.114. The summed E-state index contributed by atoms with van der Waals surface area (Å²) in [6, 6.07) is 4.93. The molecule has 0 atom stereocenters. The Kier molecular flexibility index (Phi) is 6.41. The molecule has 2 aromatic rings. The molecule has 2 rings (SSSR count). The van der Waals surface area contributed by atoms with Crippen LogP contribution < -0.4 is 16.8 Å². The molecule has 1 aromatic heterocycles. The fraction of sp³-hybridized carbons (Fsp3) is 0.250. The van der Waals surface area contributed by atoms with E-state index in [0.29, 0.717) is 16.6 Å². The van der Waals surface area contributed by atoms with Crippen LogP contribution in [0, 0.1) is 0 Å². The molecule has 7 nitrogen and oxygen atoms in total. The molecule has 1 aromatic carbocycles. The van der Waals surface area contributed by atoms with E-state index < -0.39 is 10.7 Å². The third-order valence-electron chi connectivity index (χ3n) is 2.21. The number of rotatable bonds is 2. The van der Waals surface area contributed by atoms with Crippen molar-refractivity contribution < 1.29 is 9.90 Å². The van der Waals surface area contributed by atoms with Crippen LogP contribution >= 0.6 is 23.2 Å². The number of aliphatic hydroxyl groups is 1. The molecule has 0 aliphatic heterocycles. The minimum absolute atomic E-state index is 0.0957. The Hall–Kier alpha value is -1.83. The number of nitrogen functional groups attached to an aromatic ring is 2. The second-order valence-corrected chi connectivity index (χ2v) is 4.90. The fourth-order valence-corrected chi connectivity index (χ4v) is 1.55. The Morgan fingerprint density at radius 3 is 2.57 bits per heavy atom. The summed E-state index contributed by atoms with van der Waals surface area (Å²) in [5.74, 6) is -0.187. The highest BCUT2D eigenvalue weighted by molar-refractivity contribution is 6.54. The fourth-order valence-electron chi connectivity index (χ4n) is 1.45. The summed E-state index contributed by atoms with van der Waals surface area (Å²) in [6.45, 7) is 1.93. The number of benzene rings is 1. The van der Waals surface area contributed by atoms with Gasteiger partial charge in [0.25, 0.3) is 5.91 Å². The maximum absolute atomic E-state index is 11.3. The first-order chi connectivity index (χ1) is 9.88. The van der Waals surface area contributed by atoms with Crippen molar-refractivity contribution in [3.63, 3.8) is 0 Å². The number of alkyl halides is 2. The number of fused-ring (bicyclic) bond motifs is 1. The molecule has 1 amide bonds. The van der Waals surface area contributed by atoms with Crippen molar-refractivity contribution in [2.75, 3.05) is 23.4 Å². The first kappa shape index (κ1) is 17.2. The number of nitrogens with zero attached hydrogens (tertiary/aromatic N) is 2. The zero-order valence-corrected chi connectivity index (χ0v) is 12.7. The van der Waals surface area contributed by atoms with E-state index in [9.17, 15) is 4.79 Å². The van der Waals surface area contributed by atoms with E-state index >= 15 is 0 Å². The van der Waals surface area contributed by atoms with Gasteiger partial charge in [-0.1, -0.05) is 23.2 Å². The van der Waals surface area contributed by atoms with Crippen molar-refractivity contribution in [2.24, 2.45) is 0 Å². The van der Waals surface area contributed by atoms with Gasteiger partial charge in [0.15, 0.2) is 4.84 Å². The van der Waals surface area contributed by atoms with Gasteiger partial charge in [-0.15, -0.1) is 0 Å². The smallest absolute Gasteiger partial charge is 0.257 e. The second-order valence-electron chi connectivity index (χ2n) is 3.81. The lowest BCUT2D eigenvalue weighted by Gasteiger charge is -2.07. The van der Waals surface area contributed by atoms with Crippen molar-refractivity contribution in [3.05, 3.63) is 18.2 Å². The maximum atomic E-state index is 11.3. The predicted molar refractivity (Wildman–Crippen MR) is 85.2 cm³/mol. The number of carbonyl (C=O) groups is 1. The van der Waals surface area contributed by atoms with Gasteiger partial charge in [-0.2, -0.15) is 4.98 Å². The molecule has 6 N–H and O–H groups in total. The minimum atomic E-state index is -1.14. The molecule has 114 valence electrons. The zero-order valence-electron chi connectivity index (χ0n) is 11.2. The molecule has 9 heteroatoms. The van der Waals surface area contributed by atoms with Crippen LogP contribution in [0.15, 0.2) is 18.2 Å². The van der Waals surface area contributed by atoms with Gasteiger partial charge in [-0.3, -0.25) is 4.79 Å². The van der Waals surface area contributed by atoms with Crippen LogP contribution in [0.3, 0.4) is 0 Å². The van der Waals surface area contributed by atoms with Gasteiger partial charge in [0.1, 0.15) is 5.82 Å². The van der Waals surface area contributed by atoms with Crippen LogP contribution in [-0.2, 0) is 4.79 Å². The highest BCUT2D eigenvalue weighted by Gasteiger charge is 2.12. The average molecular weight is 332 g/mol. The quantitative estimate of drug-likeness (QED) is 0.618. The normalized spacial score (nSPS) is 10.1. The molecule has 0 unspecified atom stereocenters. The number of amides is 1. The molecule has 0 bridgehead atoms. The van der Waals surface area contributed by atoms with Crippen molar-refractivity contribution >= 4 is 57.5 Å². The van der Waals surface area contributed by atoms with Crippen molar-refractivity contribution in [1.82, 2.24) is 9.97 Å². The number of aliphatic hydroxyl groups excluding tert-OH is 1. The topological polar surface area (TPSA) is 127 Å². The van der Waals surface area contributed by atoms with E-state index in [2.05, 4.69) is 15.3 Å². The van der Waals surface area contributed by atoms with E-state index in [-0.39, 0.29) is 18.4 Å². The van der Waals surface area contributed by atoms with Crippen LogP contribution in [0.5, 0.6) is 0 Å². The summed E-state index contributed by atoms with van der Waals surface area (Å²) in [5.41, 5.74) is 12.3. The number of anilines is 3. The van der Waals surface area contributed by atoms with Crippen LogP contribution in [0.2, 0.25) is 0 Å². The molecule has 0 saturated carbocycles. The molecule has 0 saturated heterocycles. The van der Waals surface area contributed by atoms with Gasteiger partial charge in [0, 0.05) is 17.7 Å². The zero-order chi connectivity index (χ0) is 16.0. The molecule has 0 fully saturated rings. The summed E-state index contributed by atoms with van der Waals surface area (Å²) in [6.07, 6.45) is 0. The standard InChI is InChI=1S/C10H9Cl2N5O.C2H6O/c11-7(12)9(18)15-4-1-2-6-5(3-4)8(13)17-10(14)16-6;1-2-3/h1-3,7H,(H,15,18)(H4,13,14,16,17);3H,2H2,1H3. The number of hydrogen-bond donors (Lipinski definition) is 4. The molecular formula is C12H15Cl2N5O2. The van der Waals surface area contributed by atoms with Gasteiger partial charge in [0.2, 0.25) is 5.95 Å². The van der Waals surface area contributed by atoms with Crippen molar-refractivity contribution in [1.29, 1.82) is 0 Å². The summed E-state index contributed by atoms with van der Waals surface area (Å²) >= 11 is 10.9. The third-order valence-corrected chi connectivity index (χ3v) is 2.60. The Labute approximate surface area is 131 Å². The highest BCUT2D eigenvalue weighted by Crippen LogP contribution is 2.23. The third kappa shape index (κ3) is 4.89. The van der Waals surface area contributed by atoms with E-state index in [1.807, 2.05) is 0 Å². The van der Waals surface area contributed by atoms with Gasteiger partial charge in [-0.25, -0.2) is 4.98 Å². The number of hydrogen-bond acceptors (Lipinski definition) is 6. The second kappa shape index (κ2) is 7.82. The molecule has 21 heavy (non-hydrogen) atoms. The van der Waals surface area contributed by atoms with E-state index in [1.165, 1.54) is 0 Å². The first-order valence-electron chi connectivity index (χ1n) is 5.91. The predicted octanol–water partition coefficient (Wildman–Crippen LogP) is 1.53. The lowest BCUT2D eigenvalue weighted by Crippen LogP contribution is -2.18. The SMILES string of the molecule is CCO.Nc1nc(N)c2cc(NC(=O)C(Cl)Cl)ccc2n1. The van der Waals surface area contributed by atoms with Gasteiger partial charge in [0.05, 0.1) is 5.52 Å². The number of nitrogens with one attached hydrogen (secondary N) is 1. The molecular weight excluding hydrogens is 317 g/mol. The number of aromatic nitrogens is 2. The largest absolute Gasteiger partial charge is 0.397 e. The summed E-state index contributed by atoms with van der Waals surface area (Å²) in [4.78, 5) is 18.0. The lowest BCUT2D eigenvalue weighted by atomic mass is 10.2. The Morgan fingerprint density at radius 1 is 1.38 bits per heavy atom. The summed E-state index contributed by atoms with van der Waals surface area (Å²) in [7, 11) is 0. The van der Waals surface area contributed by atoms with Gasteiger partial charge in [-0.05, 0) is 25.1 Å². The van der Waals surface area contributed by atoms with Crippen molar-refractivity contribution in [3.8, 4) is 0 Å². The molecule has 1 heterocycles.